The van der Waals surface area contributed by atoms with Gasteiger partial charge in [-0.25, -0.2) is 0 Å². The van der Waals surface area contributed by atoms with Crippen LogP contribution in [0.15, 0.2) is 18.3 Å². The predicted molar refractivity (Wildman–Crippen MR) is 80.1 cm³/mol. The van der Waals surface area contributed by atoms with Crippen molar-refractivity contribution in [3.05, 3.63) is 44.4 Å². The van der Waals surface area contributed by atoms with Crippen molar-refractivity contribution < 1.29 is 4.74 Å². The Morgan fingerprint density at radius 3 is 2.74 bits per heavy atom. The van der Waals surface area contributed by atoms with E-state index in [1.54, 1.807) is 18.4 Å². The van der Waals surface area contributed by atoms with Gasteiger partial charge in [-0.15, -0.1) is 11.3 Å². The average Bonchev–Trinajstić information content (AvgIpc) is 2.79. The van der Waals surface area contributed by atoms with Crippen molar-refractivity contribution in [3.63, 3.8) is 0 Å². The van der Waals surface area contributed by atoms with Crippen LogP contribution in [0, 0.1) is 13.8 Å². The predicted octanol–water partition coefficient (Wildman–Crippen LogP) is 3.71. The van der Waals surface area contributed by atoms with Crippen LogP contribution in [-0.4, -0.2) is 12.1 Å². The summed E-state index contributed by atoms with van der Waals surface area (Å²) >= 11 is 7.50. The molecular formula is C14H17ClN2OS. The molecule has 0 aromatic carbocycles. The molecule has 2 aromatic rings. The van der Waals surface area contributed by atoms with E-state index in [2.05, 4.69) is 10.3 Å². The molecule has 0 spiro atoms. The van der Waals surface area contributed by atoms with E-state index in [4.69, 9.17) is 16.3 Å². The van der Waals surface area contributed by atoms with Crippen LogP contribution in [0.5, 0.6) is 5.75 Å². The number of nitrogens with one attached hydrogen (secondary N) is 1. The van der Waals surface area contributed by atoms with Gasteiger partial charge < -0.3 is 10.1 Å². The third-order valence-corrected chi connectivity index (χ3v) is 4.20. The molecule has 0 bridgehead atoms. The normalized spacial score (nSPS) is 10.7. The summed E-state index contributed by atoms with van der Waals surface area (Å²) in [5, 5.41) is 3.38. The van der Waals surface area contributed by atoms with Gasteiger partial charge in [-0.1, -0.05) is 11.6 Å². The number of nitrogens with zero attached hydrogens (tertiary/aromatic N) is 1. The molecule has 0 amide bonds. The molecule has 2 heterocycles. The van der Waals surface area contributed by atoms with Gasteiger partial charge in [0.05, 0.1) is 17.1 Å². The smallest absolute Gasteiger partial charge is 0.128 e. The standard InChI is InChI=1S/C14H17ClN2OS/c1-9-6-17-12(10(2)14(9)18-3)8-16-7-11-4-5-13(15)19-11/h4-6,16H,7-8H2,1-3H3. The summed E-state index contributed by atoms with van der Waals surface area (Å²) in [6.07, 6.45) is 1.85. The fraction of sp³-hybridized carbons (Fsp3) is 0.357. The molecule has 0 atom stereocenters. The molecule has 0 aliphatic carbocycles. The molecule has 0 aliphatic rings. The van der Waals surface area contributed by atoms with Crippen LogP contribution in [0.4, 0.5) is 0 Å². The number of aryl methyl sites for hydroxylation is 1. The second-order valence-electron chi connectivity index (χ2n) is 4.36. The zero-order valence-electron chi connectivity index (χ0n) is 11.3. The average molecular weight is 297 g/mol. The third kappa shape index (κ3) is 3.47. The van der Waals surface area contributed by atoms with Crippen LogP contribution < -0.4 is 10.1 Å². The van der Waals surface area contributed by atoms with Gasteiger partial charge >= 0.3 is 0 Å². The number of methoxy groups -OCH3 is 1. The monoisotopic (exact) mass is 296 g/mol. The summed E-state index contributed by atoms with van der Waals surface area (Å²) in [6, 6.07) is 3.96. The van der Waals surface area contributed by atoms with Gasteiger partial charge in [-0.05, 0) is 26.0 Å². The van der Waals surface area contributed by atoms with Gasteiger partial charge in [0, 0.05) is 35.3 Å². The first-order valence-corrected chi connectivity index (χ1v) is 7.25. The number of hydrogen-bond acceptors (Lipinski definition) is 4. The van der Waals surface area contributed by atoms with Gasteiger partial charge in [0.2, 0.25) is 0 Å². The quantitative estimate of drug-likeness (QED) is 0.913. The van der Waals surface area contributed by atoms with Crippen molar-refractivity contribution >= 4 is 22.9 Å². The molecule has 3 nitrogen and oxygen atoms in total. The number of pyridine rings is 1. The van der Waals surface area contributed by atoms with E-state index in [1.165, 1.54) is 4.88 Å². The van der Waals surface area contributed by atoms with Crippen molar-refractivity contribution in [3.8, 4) is 5.75 Å². The lowest BCUT2D eigenvalue weighted by atomic mass is 10.1. The molecule has 0 fully saturated rings. The number of thiophene rings is 1. The van der Waals surface area contributed by atoms with Crippen LogP contribution in [0.25, 0.3) is 0 Å². The van der Waals surface area contributed by atoms with E-state index in [0.717, 1.165) is 40.0 Å². The maximum Gasteiger partial charge on any atom is 0.128 e. The lowest BCUT2D eigenvalue weighted by Crippen LogP contribution is -2.14. The topological polar surface area (TPSA) is 34.1 Å². The molecule has 102 valence electrons. The van der Waals surface area contributed by atoms with Crippen LogP contribution >= 0.6 is 22.9 Å². The van der Waals surface area contributed by atoms with Crippen molar-refractivity contribution in [1.82, 2.24) is 10.3 Å². The number of rotatable bonds is 5. The molecule has 0 aliphatic heterocycles. The van der Waals surface area contributed by atoms with Gasteiger partial charge in [-0.2, -0.15) is 0 Å². The van der Waals surface area contributed by atoms with Crippen molar-refractivity contribution in [1.29, 1.82) is 0 Å². The minimum atomic E-state index is 0.720. The van der Waals surface area contributed by atoms with Gasteiger partial charge in [-0.3, -0.25) is 4.98 Å². The van der Waals surface area contributed by atoms with Gasteiger partial charge in [0.15, 0.2) is 0 Å². The molecule has 5 heteroatoms. The zero-order chi connectivity index (χ0) is 13.8. The van der Waals surface area contributed by atoms with Gasteiger partial charge in [0.25, 0.3) is 0 Å². The van der Waals surface area contributed by atoms with Crippen LogP contribution in [0.3, 0.4) is 0 Å². The van der Waals surface area contributed by atoms with E-state index >= 15 is 0 Å². The van der Waals surface area contributed by atoms with E-state index in [1.807, 2.05) is 32.2 Å². The Labute approximate surface area is 122 Å². The van der Waals surface area contributed by atoms with Crippen molar-refractivity contribution in [2.75, 3.05) is 7.11 Å². The largest absolute Gasteiger partial charge is 0.496 e. The highest BCUT2D eigenvalue weighted by atomic mass is 35.5. The molecule has 19 heavy (non-hydrogen) atoms. The van der Waals surface area contributed by atoms with Crippen LogP contribution in [-0.2, 0) is 13.1 Å². The van der Waals surface area contributed by atoms with E-state index in [9.17, 15) is 0 Å². The van der Waals surface area contributed by atoms with Crippen LogP contribution in [0.1, 0.15) is 21.7 Å². The maximum atomic E-state index is 5.90. The highest BCUT2D eigenvalue weighted by molar-refractivity contribution is 7.16. The summed E-state index contributed by atoms with van der Waals surface area (Å²) in [5.41, 5.74) is 3.18. The Hall–Kier alpha value is -1.10. The second-order valence-corrected chi connectivity index (χ2v) is 6.16. The first-order valence-electron chi connectivity index (χ1n) is 6.05. The molecule has 0 unspecified atom stereocenters. The Kier molecular flexibility index (Phi) is 4.80. The number of aromatic nitrogens is 1. The minimum absolute atomic E-state index is 0.720. The minimum Gasteiger partial charge on any atom is -0.496 e. The Balaban J connectivity index is 2.00. The number of halogens is 1. The molecule has 0 radical (unpaired) electrons. The summed E-state index contributed by atoms with van der Waals surface area (Å²) in [5.74, 6) is 0.922. The lowest BCUT2D eigenvalue weighted by Gasteiger charge is -2.12. The highest BCUT2D eigenvalue weighted by Crippen LogP contribution is 2.24. The maximum absolute atomic E-state index is 5.90. The number of ether oxygens (including phenoxy) is 1. The lowest BCUT2D eigenvalue weighted by molar-refractivity contribution is 0.406. The van der Waals surface area contributed by atoms with Crippen molar-refractivity contribution in [2.24, 2.45) is 0 Å². The molecular weight excluding hydrogens is 280 g/mol. The summed E-state index contributed by atoms with van der Waals surface area (Å²) in [4.78, 5) is 5.68. The first-order chi connectivity index (χ1) is 9.11. The SMILES string of the molecule is COc1c(C)cnc(CNCc2ccc(Cl)s2)c1C. The van der Waals surface area contributed by atoms with E-state index in [-0.39, 0.29) is 0 Å². The fourth-order valence-electron chi connectivity index (χ4n) is 2.00. The van der Waals surface area contributed by atoms with E-state index in [0.29, 0.717) is 0 Å². The molecule has 0 saturated carbocycles. The second kappa shape index (κ2) is 6.37. The van der Waals surface area contributed by atoms with Gasteiger partial charge in [0.1, 0.15) is 5.75 Å². The summed E-state index contributed by atoms with van der Waals surface area (Å²) < 4.78 is 6.22. The molecule has 2 aromatic heterocycles. The molecule has 1 N–H and O–H groups in total. The molecule has 0 saturated heterocycles. The Bertz CT molecular complexity index is 569. The van der Waals surface area contributed by atoms with E-state index < -0.39 is 0 Å². The zero-order valence-corrected chi connectivity index (χ0v) is 12.9. The molecule has 2 rings (SSSR count). The fourth-order valence-corrected chi connectivity index (χ4v) is 3.06. The summed E-state index contributed by atoms with van der Waals surface area (Å²) in [7, 11) is 1.69. The Morgan fingerprint density at radius 2 is 2.11 bits per heavy atom. The van der Waals surface area contributed by atoms with Crippen LogP contribution in [0.2, 0.25) is 4.34 Å². The van der Waals surface area contributed by atoms with Crippen molar-refractivity contribution in [2.45, 2.75) is 26.9 Å². The first kappa shape index (κ1) is 14.3. The summed E-state index contributed by atoms with van der Waals surface area (Å²) in [6.45, 7) is 5.56. The third-order valence-electron chi connectivity index (χ3n) is 2.97. The Morgan fingerprint density at radius 1 is 1.32 bits per heavy atom. The number of hydrogen-bond donors (Lipinski definition) is 1. The highest BCUT2D eigenvalue weighted by Gasteiger charge is 2.09.